The Morgan fingerprint density at radius 3 is 2.43 bits per heavy atom. The molecule has 0 aromatic heterocycles. The van der Waals surface area contributed by atoms with Crippen molar-refractivity contribution in [2.75, 3.05) is 12.4 Å². The van der Waals surface area contributed by atoms with Gasteiger partial charge in [0.2, 0.25) is 0 Å². The van der Waals surface area contributed by atoms with Gasteiger partial charge >= 0.3 is 0 Å². The molecular formula is C16H15FN2O2. The Bertz CT molecular complexity index is 698. The Balaban J connectivity index is 2.29. The topological polar surface area (TPSA) is 58.2 Å². The number of hydrogen-bond acceptors (Lipinski definition) is 2. The summed E-state index contributed by atoms with van der Waals surface area (Å²) in [6, 6.07) is 10.7. The van der Waals surface area contributed by atoms with Crippen LogP contribution in [0.4, 0.5) is 10.1 Å². The summed E-state index contributed by atoms with van der Waals surface area (Å²) in [7, 11) is 1.53. The molecule has 0 aliphatic carbocycles. The summed E-state index contributed by atoms with van der Waals surface area (Å²) in [5.41, 5.74) is 1.64. The van der Waals surface area contributed by atoms with Gasteiger partial charge in [-0.15, -0.1) is 0 Å². The normalized spacial score (nSPS) is 10.0. The van der Waals surface area contributed by atoms with Gasteiger partial charge in [-0.1, -0.05) is 18.2 Å². The van der Waals surface area contributed by atoms with E-state index in [1.807, 2.05) is 0 Å². The zero-order valence-corrected chi connectivity index (χ0v) is 11.7. The highest BCUT2D eigenvalue weighted by atomic mass is 19.1. The average Bonchev–Trinajstić information content (AvgIpc) is 2.49. The van der Waals surface area contributed by atoms with Crippen LogP contribution in [0, 0.1) is 12.7 Å². The Kier molecular flexibility index (Phi) is 4.33. The van der Waals surface area contributed by atoms with Gasteiger partial charge in [-0.25, -0.2) is 4.39 Å². The number of aryl methyl sites for hydroxylation is 1. The van der Waals surface area contributed by atoms with E-state index in [1.165, 1.54) is 25.2 Å². The third-order valence-corrected chi connectivity index (χ3v) is 3.09. The fraction of sp³-hybridized carbons (Fsp3) is 0.125. The quantitative estimate of drug-likeness (QED) is 0.911. The van der Waals surface area contributed by atoms with E-state index in [4.69, 9.17) is 0 Å². The molecule has 4 nitrogen and oxygen atoms in total. The highest BCUT2D eigenvalue weighted by Crippen LogP contribution is 2.18. The number of hydrogen-bond donors (Lipinski definition) is 2. The number of benzene rings is 2. The van der Waals surface area contributed by atoms with E-state index in [0.717, 1.165) is 5.56 Å². The van der Waals surface area contributed by atoms with E-state index in [9.17, 15) is 14.0 Å². The Labute approximate surface area is 122 Å². The lowest BCUT2D eigenvalue weighted by atomic mass is 10.1. The van der Waals surface area contributed by atoms with Crippen LogP contribution in [0.2, 0.25) is 0 Å². The van der Waals surface area contributed by atoms with Crippen LogP contribution < -0.4 is 10.6 Å². The lowest BCUT2D eigenvalue weighted by Crippen LogP contribution is -2.19. The zero-order chi connectivity index (χ0) is 15.4. The molecule has 0 unspecified atom stereocenters. The average molecular weight is 286 g/mol. The zero-order valence-electron chi connectivity index (χ0n) is 11.7. The Hall–Kier alpha value is -2.69. The van der Waals surface area contributed by atoms with Gasteiger partial charge in [0.05, 0.1) is 5.56 Å². The predicted molar refractivity (Wildman–Crippen MR) is 78.9 cm³/mol. The molecular weight excluding hydrogens is 271 g/mol. The smallest absolute Gasteiger partial charge is 0.258 e. The number of carbonyl (C=O) groups is 2. The van der Waals surface area contributed by atoms with Gasteiger partial charge in [0, 0.05) is 18.3 Å². The minimum absolute atomic E-state index is 0.0396. The number of amides is 2. The van der Waals surface area contributed by atoms with E-state index in [-0.39, 0.29) is 11.5 Å². The standard InChI is InChI=1S/C16H15FN2O2/c1-10-7-8-11(15(20)18-2)9-14(10)19-16(21)12-5-3-4-6-13(12)17/h3-9H,1-2H3,(H,18,20)(H,19,21). The molecule has 2 aromatic carbocycles. The van der Waals surface area contributed by atoms with Gasteiger partial charge in [0.15, 0.2) is 0 Å². The van der Waals surface area contributed by atoms with E-state index < -0.39 is 11.7 Å². The number of halogens is 1. The van der Waals surface area contributed by atoms with Crippen molar-refractivity contribution in [1.29, 1.82) is 0 Å². The van der Waals surface area contributed by atoms with Crippen molar-refractivity contribution >= 4 is 17.5 Å². The molecule has 0 heterocycles. The molecule has 108 valence electrons. The number of nitrogens with one attached hydrogen (secondary N) is 2. The number of carbonyl (C=O) groups excluding carboxylic acids is 2. The molecule has 5 heteroatoms. The summed E-state index contributed by atoms with van der Waals surface area (Å²) in [5, 5.41) is 5.14. The summed E-state index contributed by atoms with van der Waals surface area (Å²) < 4.78 is 13.6. The second-order valence-corrected chi connectivity index (χ2v) is 4.54. The molecule has 0 saturated heterocycles. The van der Waals surface area contributed by atoms with Crippen LogP contribution in [0.25, 0.3) is 0 Å². The first-order valence-electron chi connectivity index (χ1n) is 6.41. The van der Waals surface area contributed by atoms with E-state index in [2.05, 4.69) is 10.6 Å². The molecule has 21 heavy (non-hydrogen) atoms. The van der Waals surface area contributed by atoms with Crippen molar-refractivity contribution in [3.8, 4) is 0 Å². The first-order valence-corrected chi connectivity index (χ1v) is 6.41. The fourth-order valence-electron chi connectivity index (χ4n) is 1.88. The highest BCUT2D eigenvalue weighted by molar-refractivity contribution is 6.05. The first kappa shape index (κ1) is 14.7. The second kappa shape index (κ2) is 6.17. The summed E-state index contributed by atoms with van der Waals surface area (Å²) in [4.78, 5) is 23.7. The van der Waals surface area contributed by atoms with Crippen LogP contribution in [0.3, 0.4) is 0 Å². The van der Waals surface area contributed by atoms with Gasteiger partial charge < -0.3 is 10.6 Å². The van der Waals surface area contributed by atoms with Gasteiger partial charge in [-0.2, -0.15) is 0 Å². The van der Waals surface area contributed by atoms with Crippen molar-refractivity contribution in [3.05, 3.63) is 65.0 Å². The van der Waals surface area contributed by atoms with Crippen LogP contribution in [-0.2, 0) is 0 Å². The van der Waals surface area contributed by atoms with Gasteiger partial charge in [0.1, 0.15) is 5.82 Å². The SMILES string of the molecule is CNC(=O)c1ccc(C)c(NC(=O)c2ccccc2F)c1. The minimum atomic E-state index is -0.588. The van der Waals surface area contributed by atoms with Crippen LogP contribution in [0.1, 0.15) is 26.3 Å². The molecule has 0 bridgehead atoms. The first-order chi connectivity index (χ1) is 10.0. The second-order valence-electron chi connectivity index (χ2n) is 4.54. The summed E-state index contributed by atoms with van der Waals surface area (Å²) in [5.74, 6) is -1.39. The maximum absolute atomic E-state index is 13.6. The van der Waals surface area contributed by atoms with Crippen LogP contribution in [0.5, 0.6) is 0 Å². The largest absolute Gasteiger partial charge is 0.355 e. The van der Waals surface area contributed by atoms with Crippen molar-refractivity contribution in [2.24, 2.45) is 0 Å². The van der Waals surface area contributed by atoms with Crippen molar-refractivity contribution in [2.45, 2.75) is 6.92 Å². The van der Waals surface area contributed by atoms with Crippen LogP contribution in [-0.4, -0.2) is 18.9 Å². The maximum Gasteiger partial charge on any atom is 0.258 e. The third-order valence-electron chi connectivity index (χ3n) is 3.09. The molecule has 0 aliphatic rings. The number of rotatable bonds is 3. The van der Waals surface area contributed by atoms with E-state index in [1.54, 1.807) is 31.2 Å². The molecule has 0 aliphatic heterocycles. The lowest BCUT2D eigenvalue weighted by Gasteiger charge is -2.10. The van der Waals surface area contributed by atoms with Gasteiger partial charge in [-0.3, -0.25) is 9.59 Å². The summed E-state index contributed by atoms with van der Waals surface area (Å²) in [6.07, 6.45) is 0. The van der Waals surface area contributed by atoms with Crippen molar-refractivity contribution in [1.82, 2.24) is 5.32 Å². The highest BCUT2D eigenvalue weighted by Gasteiger charge is 2.13. The third kappa shape index (κ3) is 3.25. The molecule has 0 radical (unpaired) electrons. The molecule has 0 spiro atoms. The van der Waals surface area contributed by atoms with E-state index >= 15 is 0 Å². The van der Waals surface area contributed by atoms with Gasteiger partial charge in [0.25, 0.3) is 11.8 Å². The van der Waals surface area contributed by atoms with Gasteiger partial charge in [-0.05, 0) is 36.8 Å². The van der Waals surface area contributed by atoms with Crippen LogP contribution >= 0.6 is 0 Å². The summed E-state index contributed by atoms with van der Waals surface area (Å²) in [6.45, 7) is 1.80. The molecule has 2 amide bonds. The molecule has 0 saturated carbocycles. The van der Waals surface area contributed by atoms with Crippen LogP contribution in [0.15, 0.2) is 42.5 Å². The van der Waals surface area contributed by atoms with Crippen molar-refractivity contribution in [3.63, 3.8) is 0 Å². The number of anilines is 1. The molecule has 0 fully saturated rings. The Morgan fingerprint density at radius 1 is 1.05 bits per heavy atom. The lowest BCUT2D eigenvalue weighted by molar-refractivity contribution is 0.0961. The minimum Gasteiger partial charge on any atom is -0.355 e. The Morgan fingerprint density at radius 2 is 1.76 bits per heavy atom. The van der Waals surface area contributed by atoms with E-state index in [0.29, 0.717) is 11.3 Å². The summed E-state index contributed by atoms with van der Waals surface area (Å²) >= 11 is 0. The molecule has 0 atom stereocenters. The molecule has 2 aromatic rings. The monoisotopic (exact) mass is 286 g/mol. The molecule has 2 rings (SSSR count). The van der Waals surface area contributed by atoms with Crippen molar-refractivity contribution < 1.29 is 14.0 Å². The maximum atomic E-state index is 13.6. The molecule has 2 N–H and O–H groups in total. The fourth-order valence-corrected chi connectivity index (χ4v) is 1.88. The predicted octanol–water partition coefficient (Wildman–Crippen LogP) is 2.75.